The first-order chi connectivity index (χ1) is 9.61. The summed E-state index contributed by atoms with van der Waals surface area (Å²) in [5, 5.41) is 4.50. The molecule has 0 saturated carbocycles. The van der Waals surface area contributed by atoms with Crippen molar-refractivity contribution in [3.8, 4) is 0 Å². The Hall–Kier alpha value is -2.37. The van der Waals surface area contributed by atoms with E-state index < -0.39 is 0 Å². The Morgan fingerprint density at radius 3 is 2.85 bits per heavy atom. The summed E-state index contributed by atoms with van der Waals surface area (Å²) in [5.41, 5.74) is 11.3. The van der Waals surface area contributed by atoms with Crippen LogP contribution in [0.15, 0.2) is 18.5 Å². The van der Waals surface area contributed by atoms with Crippen LogP contribution in [0.4, 0.5) is 5.95 Å². The number of nitrogen functional groups attached to an aromatic ring is 1. The van der Waals surface area contributed by atoms with Crippen molar-refractivity contribution in [3.63, 3.8) is 0 Å². The molecule has 104 valence electrons. The molecular weight excluding hydrogens is 252 g/mol. The lowest BCUT2D eigenvalue weighted by Crippen LogP contribution is -2.09. The van der Waals surface area contributed by atoms with Gasteiger partial charge in [0.15, 0.2) is 5.65 Å². The number of anilines is 1. The van der Waals surface area contributed by atoms with E-state index in [0.29, 0.717) is 12.5 Å². The molecule has 0 bridgehead atoms. The van der Waals surface area contributed by atoms with Crippen LogP contribution in [-0.2, 0) is 20.0 Å². The number of aryl methyl sites for hydroxylation is 3. The van der Waals surface area contributed by atoms with Gasteiger partial charge in [-0.25, -0.2) is 4.98 Å². The number of nitrogens with two attached hydrogens (primary N) is 1. The summed E-state index contributed by atoms with van der Waals surface area (Å²) in [6.45, 7) is 4.80. The van der Waals surface area contributed by atoms with Crippen molar-refractivity contribution in [1.82, 2.24) is 24.3 Å². The summed E-state index contributed by atoms with van der Waals surface area (Å²) in [6, 6.07) is 2.01. The average Bonchev–Trinajstić information content (AvgIpc) is 2.91. The third-order valence-electron chi connectivity index (χ3n) is 3.62. The molecule has 2 N–H and O–H groups in total. The summed E-state index contributed by atoms with van der Waals surface area (Å²) in [6.07, 6.45) is 4.51. The maximum Gasteiger partial charge on any atom is 0.202 e. The molecule has 0 radical (unpaired) electrons. The fraction of sp³-hybridized carbons (Fsp3) is 0.357. The molecular formula is C14H18N6. The maximum absolute atomic E-state index is 6.08. The minimum atomic E-state index is 0.527. The van der Waals surface area contributed by atoms with Gasteiger partial charge in [0.1, 0.15) is 5.52 Å². The van der Waals surface area contributed by atoms with E-state index >= 15 is 0 Å². The molecule has 6 nitrogen and oxygen atoms in total. The van der Waals surface area contributed by atoms with Crippen molar-refractivity contribution < 1.29 is 0 Å². The Morgan fingerprint density at radius 2 is 2.15 bits per heavy atom. The zero-order valence-corrected chi connectivity index (χ0v) is 12.0. The third-order valence-corrected chi connectivity index (χ3v) is 3.62. The van der Waals surface area contributed by atoms with E-state index in [2.05, 4.69) is 22.0 Å². The molecule has 3 aromatic heterocycles. The number of hydrogen-bond donors (Lipinski definition) is 1. The molecule has 0 saturated heterocycles. The number of hydrogen-bond acceptors (Lipinski definition) is 4. The predicted molar refractivity (Wildman–Crippen MR) is 78.4 cm³/mol. The molecule has 0 amide bonds. The van der Waals surface area contributed by atoms with Crippen LogP contribution in [0.1, 0.15) is 23.7 Å². The molecule has 3 heterocycles. The van der Waals surface area contributed by atoms with Crippen molar-refractivity contribution in [2.24, 2.45) is 7.05 Å². The number of rotatable bonds is 3. The predicted octanol–water partition coefficient (Wildman–Crippen LogP) is 1.67. The van der Waals surface area contributed by atoms with Gasteiger partial charge in [0.05, 0.1) is 12.2 Å². The summed E-state index contributed by atoms with van der Waals surface area (Å²) in [7, 11) is 1.93. The smallest absolute Gasteiger partial charge is 0.202 e. The van der Waals surface area contributed by atoms with Gasteiger partial charge in [-0.15, -0.1) is 0 Å². The molecule has 0 atom stereocenters. The highest BCUT2D eigenvalue weighted by atomic mass is 15.3. The highest BCUT2D eigenvalue weighted by Crippen LogP contribution is 2.23. The largest absolute Gasteiger partial charge is 0.369 e. The van der Waals surface area contributed by atoms with Crippen LogP contribution in [0.2, 0.25) is 0 Å². The summed E-state index contributed by atoms with van der Waals surface area (Å²) in [4.78, 5) is 8.59. The van der Waals surface area contributed by atoms with Gasteiger partial charge < -0.3 is 5.73 Å². The quantitative estimate of drug-likeness (QED) is 0.785. The van der Waals surface area contributed by atoms with Gasteiger partial charge in [-0.3, -0.25) is 14.2 Å². The first kappa shape index (κ1) is 12.7. The van der Waals surface area contributed by atoms with Crippen molar-refractivity contribution >= 4 is 17.1 Å². The van der Waals surface area contributed by atoms with Crippen LogP contribution in [0.3, 0.4) is 0 Å². The van der Waals surface area contributed by atoms with Crippen molar-refractivity contribution in [3.05, 3.63) is 35.3 Å². The van der Waals surface area contributed by atoms with Gasteiger partial charge in [-0.05, 0) is 30.5 Å². The molecule has 0 fully saturated rings. The van der Waals surface area contributed by atoms with E-state index in [1.165, 1.54) is 5.56 Å². The van der Waals surface area contributed by atoms with Crippen molar-refractivity contribution in [2.75, 3.05) is 5.73 Å². The van der Waals surface area contributed by atoms with E-state index in [1.54, 1.807) is 6.20 Å². The Labute approximate surface area is 117 Å². The summed E-state index contributed by atoms with van der Waals surface area (Å²) >= 11 is 0. The fourth-order valence-corrected chi connectivity index (χ4v) is 2.50. The lowest BCUT2D eigenvalue weighted by molar-refractivity contribution is 0.718. The minimum Gasteiger partial charge on any atom is -0.369 e. The lowest BCUT2D eigenvalue weighted by atomic mass is 10.1. The highest BCUT2D eigenvalue weighted by molar-refractivity contribution is 5.77. The van der Waals surface area contributed by atoms with Crippen LogP contribution < -0.4 is 5.73 Å². The van der Waals surface area contributed by atoms with E-state index in [-0.39, 0.29) is 0 Å². The normalized spacial score (nSPS) is 11.3. The van der Waals surface area contributed by atoms with Crippen LogP contribution in [0.25, 0.3) is 11.2 Å². The topological polar surface area (TPSA) is 74.6 Å². The second kappa shape index (κ2) is 4.63. The van der Waals surface area contributed by atoms with E-state index in [9.17, 15) is 0 Å². The lowest BCUT2D eigenvalue weighted by Gasteiger charge is -2.09. The first-order valence-electron chi connectivity index (χ1n) is 6.69. The molecule has 3 aromatic rings. The highest BCUT2D eigenvalue weighted by Gasteiger charge is 2.17. The van der Waals surface area contributed by atoms with Crippen LogP contribution in [0, 0.1) is 6.92 Å². The number of imidazole rings is 1. The van der Waals surface area contributed by atoms with Crippen LogP contribution in [-0.4, -0.2) is 24.3 Å². The van der Waals surface area contributed by atoms with Gasteiger partial charge >= 0.3 is 0 Å². The maximum atomic E-state index is 6.08. The second-order valence-corrected chi connectivity index (χ2v) is 4.95. The molecule has 0 spiro atoms. The third kappa shape index (κ3) is 1.84. The van der Waals surface area contributed by atoms with E-state index in [1.807, 2.05) is 35.5 Å². The number of pyridine rings is 1. The molecule has 6 heteroatoms. The Balaban J connectivity index is 2.14. The number of fused-ring (bicyclic) bond motifs is 1. The Morgan fingerprint density at radius 1 is 1.35 bits per heavy atom. The van der Waals surface area contributed by atoms with Crippen LogP contribution in [0.5, 0.6) is 0 Å². The first-order valence-corrected chi connectivity index (χ1v) is 6.69. The van der Waals surface area contributed by atoms with E-state index in [0.717, 1.165) is 28.8 Å². The number of aromatic nitrogens is 5. The van der Waals surface area contributed by atoms with Gasteiger partial charge in [0.25, 0.3) is 0 Å². The van der Waals surface area contributed by atoms with Gasteiger partial charge in [0, 0.05) is 19.4 Å². The summed E-state index contributed by atoms with van der Waals surface area (Å²) in [5.74, 6) is 0.527. The molecule has 0 aromatic carbocycles. The molecule has 0 aliphatic heterocycles. The molecule has 0 aliphatic rings. The van der Waals surface area contributed by atoms with E-state index in [4.69, 9.17) is 5.73 Å². The fourth-order valence-electron chi connectivity index (χ4n) is 2.50. The van der Waals surface area contributed by atoms with Gasteiger partial charge in [-0.2, -0.15) is 5.10 Å². The zero-order chi connectivity index (χ0) is 14.3. The Bertz CT molecular complexity index is 767. The summed E-state index contributed by atoms with van der Waals surface area (Å²) < 4.78 is 3.86. The second-order valence-electron chi connectivity index (χ2n) is 4.95. The monoisotopic (exact) mass is 270 g/mol. The van der Waals surface area contributed by atoms with Gasteiger partial charge in [-0.1, -0.05) is 6.92 Å². The standard InChI is InChI=1S/C14H18N6/c1-4-11-12-13(19(3)18-11)20(14(15)17-12)8-10-5-6-16-7-9(10)2/h5-7H,4,8H2,1-3H3,(H2,15,17). The molecule has 0 unspecified atom stereocenters. The Kier molecular flexibility index (Phi) is 2.93. The van der Waals surface area contributed by atoms with Crippen molar-refractivity contribution in [2.45, 2.75) is 26.8 Å². The molecule has 3 rings (SSSR count). The van der Waals surface area contributed by atoms with Gasteiger partial charge in [0.2, 0.25) is 5.95 Å². The number of nitrogens with zero attached hydrogens (tertiary/aromatic N) is 5. The van der Waals surface area contributed by atoms with Crippen LogP contribution >= 0.6 is 0 Å². The minimum absolute atomic E-state index is 0.527. The SMILES string of the molecule is CCc1nn(C)c2c1nc(N)n2Cc1ccncc1C. The average molecular weight is 270 g/mol. The molecule has 20 heavy (non-hydrogen) atoms. The van der Waals surface area contributed by atoms with Crippen molar-refractivity contribution in [1.29, 1.82) is 0 Å². The molecule has 0 aliphatic carbocycles. The zero-order valence-electron chi connectivity index (χ0n) is 12.0.